The molecule has 0 bridgehead atoms. The molecule has 4 rings (SSSR count). The third-order valence-electron chi connectivity index (χ3n) is 6.39. The largest absolute Gasteiger partial charge is 0.328 e. The zero-order valence-corrected chi connectivity index (χ0v) is 17.5. The molecule has 0 spiro atoms. The molecule has 1 unspecified atom stereocenters. The third kappa shape index (κ3) is 4.25. The molecule has 1 saturated carbocycles. The number of piperazine rings is 1. The van der Waals surface area contributed by atoms with Crippen molar-refractivity contribution >= 4 is 11.8 Å². The highest BCUT2D eigenvalue weighted by Gasteiger charge is 2.43. The summed E-state index contributed by atoms with van der Waals surface area (Å²) in [5, 5.41) is 0. The van der Waals surface area contributed by atoms with Gasteiger partial charge in [0.15, 0.2) is 0 Å². The summed E-state index contributed by atoms with van der Waals surface area (Å²) in [6, 6.07) is 13.4. The number of carbonyl (C=O) groups excluding carboxylic acids is 2. The van der Waals surface area contributed by atoms with Crippen molar-refractivity contribution in [3.63, 3.8) is 0 Å². The van der Waals surface area contributed by atoms with Crippen LogP contribution in [0.1, 0.15) is 61.3 Å². The summed E-state index contributed by atoms with van der Waals surface area (Å²) in [6.07, 6.45) is 6.31. The van der Waals surface area contributed by atoms with E-state index in [9.17, 15) is 14.0 Å². The monoisotopic (exact) mass is 408 g/mol. The standard InChI is InChI=1S/C25H29FN2O2/c1-18-12-14-19(15-13-18)16-28-23(29)17-27(20-8-4-2-3-5-9-20)25(30)24(28)21-10-6-7-11-22(21)26/h6-7,10-15,20,24H,2-5,8-9,16-17H2,1H3. The second kappa shape index (κ2) is 8.99. The minimum absolute atomic E-state index is 0.0692. The fourth-order valence-corrected chi connectivity index (χ4v) is 4.69. The van der Waals surface area contributed by atoms with E-state index in [1.54, 1.807) is 28.0 Å². The first-order chi connectivity index (χ1) is 14.5. The Balaban J connectivity index is 1.68. The molecule has 1 atom stereocenters. The van der Waals surface area contributed by atoms with Crippen molar-refractivity contribution in [2.24, 2.45) is 0 Å². The van der Waals surface area contributed by atoms with Crippen molar-refractivity contribution in [1.82, 2.24) is 9.80 Å². The number of nitrogens with zero attached hydrogens (tertiary/aromatic N) is 2. The van der Waals surface area contributed by atoms with E-state index < -0.39 is 11.9 Å². The van der Waals surface area contributed by atoms with E-state index >= 15 is 0 Å². The zero-order chi connectivity index (χ0) is 21.1. The fraction of sp³-hybridized carbons (Fsp3) is 0.440. The molecule has 2 aromatic carbocycles. The van der Waals surface area contributed by atoms with Gasteiger partial charge in [0.1, 0.15) is 18.4 Å². The van der Waals surface area contributed by atoms with Crippen LogP contribution in [0.15, 0.2) is 48.5 Å². The minimum atomic E-state index is -0.919. The van der Waals surface area contributed by atoms with Gasteiger partial charge in [0, 0.05) is 18.2 Å². The van der Waals surface area contributed by atoms with Crippen LogP contribution in [-0.2, 0) is 16.1 Å². The molecule has 1 aliphatic heterocycles. The van der Waals surface area contributed by atoms with Crippen LogP contribution in [0.2, 0.25) is 0 Å². The lowest BCUT2D eigenvalue weighted by atomic mass is 9.96. The average Bonchev–Trinajstić information content (AvgIpc) is 3.02. The van der Waals surface area contributed by atoms with Crippen LogP contribution in [0.4, 0.5) is 4.39 Å². The van der Waals surface area contributed by atoms with E-state index in [1.807, 2.05) is 31.2 Å². The Labute approximate surface area is 177 Å². The van der Waals surface area contributed by atoms with E-state index in [0.29, 0.717) is 6.54 Å². The van der Waals surface area contributed by atoms with E-state index in [1.165, 1.54) is 18.9 Å². The van der Waals surface area contributed by atoms with Crippen molar-refractivity contribution < 1.29 is 14.0 Å². The molecular formula is C25H29FN2O2. The summed E-state index contributed by atoms with van der Waals surface area (Å²) in [6.45, 7) is 2.38. The van der Waals surface area contributed by atoms with Gasteiger partial charge in [0.2, 0.25) is 5.91 Å². The van der Waals surface area contributed by atoms with Gasteiger partial charge in [-0.2, -0.15) is 0 Å². The molecule has 1 heterocycles. The quantitative estimate of drug-likeness (QED) is 0.684. The summed E-state index contributed by atoms with van der Waals surface area (Å²) < 4.78 is 14.8. The number of benzene rings is 2. The smallest absolute Gasteiger partial charge is 0.250 e. The Morgan fingerprint density at radius 3 is 2.27 bits per heavy atom. The lowest BCUT2D eigenvalue weighted by Crippen LogP contribution is -2.58. The number of hydrogen-bond donors (Lipinski definition) is 0. The molecule has 2 aliphatic rings. The Bertz CT molecular complexity index is 904. The summed E-state index contributed by atoms with van der Waals surface area (Å²) in [4.78, 5) is 30.2. The summed E-state index contributed by atoms with van der Waals surface area (Å²) in [5.74, 6) is -0.716. The molecule has 30 heavy (non-hydrogen) atoms. The average molecular weight is 409 g/mol. The zero-order valence-electron chi connectivity index (χ0n) is 17.5. The van der Waals surface area contributed by atoms with Crippen LogP contribution in [0, 0.1) is 12.7 Å². The van der Waals surface area contributed by atoms with Gasteiger partial charge >= 0.3 is 0 Å². The van der Waals surface area contributed by atoms with E-state index in [4.69, 9.17) is 0 Å². The maximum Gasteiger partial charge on any atom is 0.250 e. The second-order valence-corrected chi connectivity index (χ2v) is 8.54. The number of halogens is 1. The fourth-order valence-electron chi connectivity index (χ4n) is 4.69. The number of amides is 2. The summed E-state index contributed by atoms with van der Waals surface area (Å²) in [7, 11) is 0. The van der Waals surface area contributed by atoms with Crippen LogP contribution in [0.25, 0.3) is 0 Å². The van der Waals surface area contributed by atoms with Gasteiger partial charge in [-0.15, -0.1) is 0 Å². The molecule has 1 aliphatic carbocycles. The van der Waals surface area contributed by atoms with Crippen LogP contribution in [-0.4, -0.2) is 34.2 Å². The maximum absolute atomic E-state index is 14.8. The predicted molar refractivity (Wildman–Crippen MR) is 114 cm³/mol. The van der Waals surface area contributed by atoms with Gasteiger partial charge in [-0.25, -0.2) is 4.39 Å². The van der Waals surface area contributed by atoms with Crippen LogP contribution in [0.3, 0.4) is 0 Å². The molecule has 1 saturated heterocycles. The summed E-state index contributed by atoms with van der Waals surface area (Å²) >= 11 is 0. The van der Waals surface area contributed by atoms with Gasteiger partial charge < -0.3 is 9.80 Å². The summed E-state index contributed by atoms with van der Waals surface area (Å²) in [5.41, 5.74) is 2.34. The normalized spacial score (nSPS) is 21.1. The Hall–Kier alpha value is -2.69. The first-order valence-electron chi connectivity index (χ1n) is 10.9. The van der Waals surface area contributed by atoms with Gasteiger partial charge in [-0.3, -0.25) is 9.59 Å². The van der Waals surface area contributed by atoms with E-state index in [2.05, 4.69) is 0 Å². The highest BCUT2D eigenvalue weighted by atomic mass is 19.1. The van der Waals surface area contributed by atoms with Crippen molar-refractivity contribution in [2.45, 2.75) is 64.1 Å². The van der Waals surface area contributed by atoms with Crippen LogP contribution < -0.4 is 0 Å². The molecule has 5 heteroatoms. The Morgan fingerprint density at radius 1 is 0.933 bits per heavy atom. The molecule has 158 valence electrons. The topological polar surface area (TPSA) is 40.6 Å². The van der Waals surface area contributed by atoms with Crippen molar-refractivity contribution in [1.29, 1.82) is 0 Å². The number of carbonyl (C=O) groups is 2. The van der Waals surface area contributed by atoms with E-state index in [0.717, 1.165) is 36.8 Å². The lowest BCUT2D eigenvalue weighted by molar-refractivity contribution is -0.159. The second-order valence-electron chi connectivity index (χ2n) is 8.54. The highest BCUT2D eigenvalue weighted by Crippen LogP contribution is 2.34. The van der Waals surface area contributed by atoms with Crippen molar-refractivity contribution in [3.05, 3.63) is 71.0 Å². The molecular weight excluding hydrogens is 379 g/mol. The van der Waals surface area contributed by atoms with E-state index in [-0.39, 0.29) is 30.0 Å². The van der Waals surface area contributed by atoms with Gasteiger partial charge in [0.05, 0.1) is 0 Å². The molecule has 0 aromatic heterocycles. The number of aryl methyl sites for hydroxylation is 1. The maximum atomic E-state index is 14.8. The lowest BCUT2D eigenvalue weighted by Gasteiger charge is -2.43. The molecule has 0 N–H and O–H groups in total. The Morgan fingerprint density at radius 2 is 1.60 bits per heavy atom. The first-order valence-corrected chi connectivity index (χ1v) is 10.9. The van der Waals surface area contributed by atoms with Crippen molar-refractivity contribution in [2.75, 3.05) is 6.54 Å². The predicted octanol–water partition coefficient (Wildman–Crippen LogP) is 4.77. The van der Waals surface area contributed by atoms with Crippen LogP contribution >= 0.6 is 0 Å². The highest BCUT2D eigenvalue weighted by molar-refractivity contribution is 5.95. The molecule has 4 nitrogen and oxygen atoms in total. The first kappa shape index (κ1) is 20.6. The van der Waals surface area contributed by atoms with Gasteiger partial charge in [0.25, 0.3) is 5.91 Å². The van der Waals surface area contributed by atoms with Crippen LogP contribution in [0.5, 0.6) is 0 Å². The minimum Gasteiger partial charge on any atom is -0.328 e. The Kier molecular flexibility index (Phi) is 6.16. The molecule has 2 aromatic rings. The number of rotatable bonds is 4. The third-order valence-corrected chi connectivity index (χ3v) is 6.39. The van der Waals surface area contributed by atoms with Gasteiger partial charge in [-0.1, -0.05) is 73.7 Å². The van der Waals surface area contributed by atoms with Crippen molar-refractivity contribution in [3.8, 4) is 0 Å². The molecule has 0 radical (unpaired) electrons. The number of hydrogen-bond acceptors (Lipinski definition) is 2. The molecule has 2 amide bonds. The SMILES string of the molecule is Cc1ccc(CN2C(=O)CN(C3CCCCCC3)C(=O)C2c2ccccc2F)cc1. The molecule has 2 fully saturated rings. The van der Waals surface area contributed by atoms with Gasteiger partial charge in [-0.05, 0) is 31.4 Å².